The van der Waals surface area contributed by atoms with Gasteiger partial charge in [0, 0.05) is 18.2 Å². The number of furan rings is 1. The van der Waals surface area contributed by atoms with E-state index in [0.29, 0.717) is 29.2 Å². The van der Waals surface area contributed by atoms with Crippen LogP contribution in [0.1, 0.15) is 54.1 Å². The lowest BCUT2D eigenvalue weighted by molar-refractivity contribution is 0.0711. The molecule has 2 aromatic rings. The molecule has 0 aromatic carbocycles. The maximum absolute atomic E-state index is 12.6. The second kappa shape index (κ2) is 5.20. The Kier molecular flexibility index (Phi) is 3.30. The van der Waals surface area contributed by atoms with Gasteiger partial charge >= 0.3 is 0 Å². The van der Waals surface area contributed by atoms with Gasteiger partial charge in [0.2, 0.25) is 0 Å². The van der Waals surface area contributed by atoms with Gasteiger partial charge in [-0.1, -0.05) is 18.5 Å². The van der Waals surface area contributed by atoms with Crippen molar-refractivity contribution in [3.05, 3.63) is 46.6 Å². The van der Waals surface area contributed by atoms with E-state index in [0.717, 1.165) is 30.3 Å². The predicted octanol–water partition coefficient (Wildman–Crippen LogP) is 4.19. The Bertz CT molecular complexity index is 701. The minimum absolute atomic E-state index is 0.00728. The fraction of sp³-hybridized carbons (Fsp3) is 0.471. The third-order valence-electron chi connectivity index (χ3n) is 4.61. The summed E-state index contributed by atoms with van der Waals surface area (Å²) in [4.78, 5) is 17.5. The number of hydrogen-bond acceptors (Lipinski definition) is 2. The highest BCUT2D eigenvalue weighted by atomic mass is 35.5. The van der Waals surface area contributed by atoms with Crippen LogP contribution >= 0.6 is 11.6 Å². The van der Waals surface area contributed by atoms with E-state index in [1.807, 2.05) is 11.0 Å². The van der Waals surface area contributed by atoms with E-state index in [1.54, 1.807) is 12.3 Å². The molecule has 2 fully saturated rings. The molecule has 0 unspecified atom stereocenters. The molecule has 0 saturated heterocycles. The van der Waals surface area contributed by atoms with E-state index >= 15 is 0 Å². The third-order valence-corrected chi connectivity index (χ3v) is 4.83. The van der Waals surface area contributed by atoms with Crippen LogP contribution in [-0.4, -0.2) is 21.8 Å². The van der Waals surface area contributed by atoms with Crippen LogP contribution < -0.4 is 0 Å². The highest BCUT2D eigenvalue weighted by molar-refractivity contribution is 6.30. The van der Waals surface area contributed by atoms with Crippen LogP contribution in [0.5, 0.6) is 0 Å². The quantitative estimate of drug-likeness (QED) is 0.898. The average molecular weight is 319 g/mol. The number of rotatable bonds is 5. The lowest BCUT2D eigenvalue weighted by Crippen LogP contribution is -2.32. The minimum Gasteiger partial charge on any atom is -0.464 e. The van der Waals surface area contributed by atoms with Gasteiger partial charge in [0.15, 0.2) is 0 Å². The van der Waals surface area contributed by atoms with Crippen molar-refractivity contribution in [3.8, 4) is 0 Å². The molecular formula is C17H19ClN2O2. The van der Waals surface area contributed by atoms with E-state index < -0.39 is 0 Å². The molecule has 0 radical (unpaired) electrons. The Morgan fingerprint density at radius 2 is 2.23 bits per heavy atom. The highest BCUT2D eigenvalue weighted by Crippen LogP contribution is 2.47. The molecule has 22 heavy (non-hydrogen) atoms. The van der Waals surface area contributed by atoms with E-state index in [9.17, 15) is 4.79 Å². The van der Waals surface area contributed by atoms with Gasteiger partial charge in [0.1, 0.15) is 17.2 Å². The van der Waals surface area contributed by atoms with Gasteiger partial charge in [-0.3, -0.25) is 4.79 Å². The van der Waals surface area contributed by atoms with Crippen molar-refractivity contribution in [1.29, 1.82) is 0 Å². The van der Waals surface area contributed by atoms with E-state index in [4.69, 9.17) is 16.0 Å². The first-order valence-electron chi connectivity index (χ1n) is 7.85. The van der Waals surface area contributed by atoms with Crippen LogP contribution in [-0.2, 0) is 6.54 Å². The monoisotopic (exact) mass is 318 g/mol. The van der Waals surface area contributed by atoms with Crippen molar-refractivity contribution in [1.82, 2.24) is 9.88 Å². The summed E-state index contributed by atoms with van der Waals surface area (Å²) in [6, 6.07) is 6.07. The zero-order valence-corrected chi connectivity index (χ0v) is 13.3. The molecular weight excluding hydrogens is 300 g/mol. The van der Waals surface area contributed by atoms with Crippen molar-refractivity contribution in [3.63, 3.8) is 0 Å². The lowest BCUT2D eigenvalue weighted by atomic mass is 10.3. The molecule has 116 valence electrons. The third kappa shape index (κ3) is 2.68. The standard InChI is InChI=1S/C17H19ClN2O2/c1-10-6-14(10)16-5-4-13(22-16)9-20(12-2-3-12)17(21)15-7-11(18)8-19-15/h4-5,7-8,10,12,14,19H,2-3,6,9H2,1H3/t10-,14+/m0/s1. The SMILES string of the molecule is C[C@H]1C[C@H]1c1ccc(CN(C(=O)c2cc(Cl)c[nH]2)C2CC2)o1. The largest absolute Gasteiger partial charge is 0.464 e. The molecule has 0 aliphatic heterocycles. The Morgan fingerprint density at radius 1 is 1.45 bits per heavy atom. The maximum Gasteiger partial charge on any atom is 0.270 e. The fourth-order valence-electron chi connectivity index (χ4n) is 2.96. The molecule has 5 heteroatoms. The Hall–Kier alpha value is -1.68. The number of H-pyrrole nitrogens is 1. The summed E-state index contributed by atoms with van der Waals surface area (Å²) in [7, 11) is 0. The molecule has 0 bridgehead atoms. The van der Waals surface area contributed by atoms with Crippen molar-refractivity contribution < 1.29 is 9.21 Å². The van der Waals surface area contributed by atoms with Crippen LogP contribution in [0, 0.1) is 5.92 Å². The number of nitrogens with zero attached hydrogens (tertiary/aromatic N) is 1. The van der Waals surface area contributed by atoms with Crippen molar-refractivity contribution >= 4 is 17.5 Å². The Morgan fingerprint density at radius 3 is 2.82 bits per heavy atom. The number of nitrogens with one attached hydrogen (secondary N) is 1. The van der Waals surface area contributed by atoms with Crippen LogP contribution in [0.25, 0.3) is 0 Å². The molecule has 4 nitrogen and oxygen atoms in total. The molecule has 0 spiro atoms. The van der Waals surface area contributed by atoms with Gasteiger partial charge in [-0.25, -0.2) is 0 Å². The van der Waals surface area contributed by atoms with Gasteiger partial charge in [-0.05, 0) is 43.4 Å². The maximum atomic E-state index is 12.6. The first-order valence-corrected chi connectivity index (χ1v) is 8.23. The average Bonchev–Trinajstić information content (AvgIpc) is 3.37. The van der Waals surface area contributed by atoms with Gasteiger partial charge in [-0.15, -0.1) is 0 Å². The zero-order valence-electron chi connectivity index (χ0n) is 12.5. The molecule has 1 amide bonds. The summed E-state index contributed by atoms with van der Waals surface area (Å²) < 4.78 is 5.95. The first-order chi connectivity index (χ1) is 10.6. The summed E-state index contributed by atoms with van der Waals surface area (Å²) in [5.74, 6) is 3.22. The summed E-state index contributed by atoms with van der Waals surface area (Å²) in [6.07, 6.45) is 4.97. The van der Waals surface area contributed by atoms with Crippen molar-refractivity contribution in [2.75, 3.05) is 0 Å². The number of hydrogen-bond donors (Lipinski definition) is 1. The number of aromatic amines is 1. The van der Waals surface area contributed by atoms with E-state index in [2.05, 4.69) is 18.0 Å². The Labute approximate surface area is 134 Å². The lowest BCUT2D eigenvalue weighted by Gasteiger charge is -2.20. The number of aromatic nitrogens is 1. The number of halogens is 1. The fourth-order valence-corrected chi connectivity index (χ4v) is 3.13. The highest BCUT2D eigenvalue weighted by Gasteiger charge is 2.37. The normalized spacial score (nSPS) is 23.5. The molecule has 4 rings (SSSR count). The molecule has 2 aromatic heterocycles. The topological polar surface area (TPSA) is 49.2 Å². The summed E-state index contributed by atoms with van der Waals surface area (Å²) in [6.45, 7) is 2.77. The van der Waals surface area contributed by atoms with Gasteiger partial charge < -0.3 is 14.3 Å². The van der Waals surface area contributed by atoms with Gasteiger partial charge in [-0.2, -0.15) is 0 Å². The second-order valence-electron chi connectivity index (χ2n) is 6.52. The first kappa shape index (κ1) is 13.9. The molecule has 2 aliphatic rings. The predicted molar refractivity (Wildman–Crippen MR) is 83.9 cm³/mol. The van der Waals surface area contributed by atoms with E-state index in [1.165, 1.54) is 6.42 Å². The molecule has 2 heterocycles. The minimum atomic E-state index is -0.00728. The smallest absolute Gasteiger partial charge is 0.270 e. The molecule has 2 aliphatic carbocycles. The van der Waals surface area contributed by atoms with E-state index in [-0.39, 0.29) is 5.91 Å². The molecule has 2 atom stereocenters. The van der Waals surface area contributed by atoms with Crippen LogP contribution in [0.2, 0.25) is 5.02 Å². The molecule has 2 saturated carbocycles. The van der Waals surface area contributed by atoms with Crippen molar-refractivity contribution in [2.24, 2.45) is 5.92 Å². The van der Waals surface area contributed by atoms with Gasteiger partial charge in [0.25, 0.3) is 5.91 Å². The summed E-state index contributed by atoms with van der Waals surface area (Å²) in [5.41, 5.74) is 0.541. The number of carbonyl (C=O) groups is 1. The Balaban J connectivity index is 1.50. The van der Waals surface area contributed by atoms with Crippen LogP contribution in [0.15, 0.2) is 28.8 Å². The number of amides is 1. The number of carbonyl (C=O) groups excluding carboxylic acids is 1. The zero-order chi connectivity index (χ0) is 15.3. The van der Waals surface area contributed by atoms with Crippen LogP contribution in [0.4, 0.5) is 0 Å². The van der Waals surface area contributed by atoms with Crippen molar-refractivity contribution in [2.45, 2.75) is 44.7 Å². The van der Waals surface area contributed by atoms with Gasteiger partial charge in [0.05, 0.1) is 11.6 Å². The molecule has 1 N–H and O–H groups in total. The second-order valence-corrected chi connectivity index (χ2v) is 6.96. The summed E-state index contributed by atoms with van der Waals surface area (Å²) in [5, 5.41) is 0.558. The van der Waals surface area contributed by atoms with Crippen LogP contribution in [0.3, 0.4) is 0 Å². The summed E-state index contributed by atoms with van der Waals surface area (Å²) >= 11 is 5.90.